The highest BCUT2D eigenvalue weighted by Gasteiger charge is 2.31. The number of hydrogen-bond acceptors (Lipinski definition) is 2. The van der Waals surface area contributed by atoms with Crippen LogP contribution < -0.4 is 5.32 Å². The van der Waals surface area contributed by atoms with Crippen LogP contribution in [0.1, 0.15) is 42.5 Å². The molecule has 2 rings (SSSR count). The monoisotopic (exact) mass is 297 g/mol. The SMILES string of the molecule is O=C(N[C@@H](C(=O)O)C1CCCCC1)c1ccc(F)cc1F. The molecule has 6 heteroatoms. The number of aliphatic carboxylic acids is 1. The minimum absolute atomic E-state index is 0.149. The summed E-state index contributed by atoms with van der Waals surface area (Å²) in [6.07, 6.45) is 4.36. The molecule has 0 aromatic heterocycles. The first kappa shape index (κ1) is 15.4. The average molecular weight is 297 g/mol. The van der Waals surface area contributed by atoms with Crippen molar-refractivity contribution in [1.82, 2.24) is 5.32 Å². The number of halogens is 2. The maximum atomic E-state index is 13.5. The van der Waals surface area contributed by atoms with E-state index in [1.807, 2.05) is 0 Å². The molecular weight excluding hydrogens is 280 g/mol. The predicted molar refractivity (Wildman–Crippen MR) is 71.8 cm³/mol. The Morgan fingerprint density at radius 3 is 2.43 bits per heavy atom. The van der Waals surface area contributed by atoms with Crippen LogP contribution in [-0.2, 0) is 4.79 Å². The van der Waals surface area contributed by atoms with Crippen molar-refractivity contribution >= 4 is 11.9 Å². The standard InChI is InChI=1S/C15H17F2NO3/c16-10-6-7-11(12(17)8-10)14(19)18-13(15(20)21)9-4-2-1-3-5-9/h6-9,13H,1-5H2,(H,18,19)(H,20,21)/t13-/m1/s1. The Kier molecular flexibility index (Phi) is 4.88. The molecule has 0 aliphatic heterocycles. The number of carboxylic acids is 1. The first-order valence-corrected chi connectivity index (χ1v) is 6.98. The van der Waals surface area contributed by atoms with E-state index in [9.17, 15) is 23.5 Å². The third-order valence-corrected chi connectivity index (χ3v) is 3.85. The van der Waals surface area contributed by atoms with Gasteiger partial charge in [0.25, 0.3) is 5.91 Å². The van der Waals surface area contributed by atoms with E-state index in [0.717, 1.165) is 44.2 Å². The van der Waals surface area contributed by atoms with Gasteiger partial charge in [0.1, 0.15) is 17.7 Å². The zero-order valence-corrected chi connectivity index (χ0v) is 11.4. The van der Waals surface area contributed by atoms with Gasteiger partial charge in [0.2, 0.25) is 0 Å². The molecule has 0 heterocycles. The topological polar surface area (TPSA) is 66.4 Å². The first-order chi connectivity index (χ1) is 9.99. The molecule has 1 saturated carbocycles. The van der Waals surface area contributed by atoms with Crippen LogP contribution in [0.4, 0.5) is 8.78 Å². The summed E-state index contributed by atoms with van der Waals surface area (Å²) in [5.74, 6) is -3.89. The third-order valence-electron chi connectivity index (χ3n) is 3.85. The molecule has 1 amide bonds. The number of carbonyl (C=O) groups excluding carboxylic acids is 1. The van der Waals surface area contributed by atoms with Crippen molar-refractivity contribution in [1.29, 1.82) is 0 Å². The van der Waals surface area contributed by atoms with Gasteiger partial charge >= 0.3 is 5.97 Å². The van der Waals surface area contributed by atoms with Gasteiger partial charge in [0.05, 0.1) is 5.56 Å². The molecule has 1 atom stereocenters. The summed E-state index contributed by atoms with van der Waals surface area (Å²) in [7, 11) is 0. The Morgan fingerprint density at radius 2 is 1.86 bits per heavy atom. The highest BCUT2D eigenvalue weighted by Crippen LogP contribution is 2.27. The molecule has 1 aliphatic rings. The van der Waals surface area contributed by atoms with E-state index in [-0.39, 0.29) is 11.5 Å². The number of hydrogen-bond donors (Lipinski definition) is 2. The Labute approximate surface area is 121 Å². The van der Waals surface area contributed by atoms with Gasteiger partial charge in [-0.2, -0.15) is 0 Å². The van der Waals surface area contributed by atoms with Gasteiger partial charge in [-0.15, -0.1) is 0 Å². The molecular formula is C15H17F2NO3. The molecule has 2 N–H and O–H groups in total. The molecule has 1 aromatic carbocycles. The maximum Gasteiger partial charge on any atom is 0.326 e. The van der Waals surface area contributed by atoms with Gasteiger partial charge in [-0.1, -0.05) is 19.3 Å². The summed E-state index contributed by atoms with van der Waals surface area (Å²) in [4.78, 5) is 23.3. The fourth-order valence-corrected chi connectivity index (χ4v) is 2.74. The lowest BCUT2D eigenvalue weighted by atomic mass is 9.84. The lowest BCUT2D eigenvalue weighted by Crippen LogP contribution is -2.46. The summed E-state index contributed by atoms with van der Waals surface area (Å²) < 4.78 is 26.4. The third kappa shape index (κ3) is 3.77. The van der Waals surface area contributed by atoms with E-state index in [4.69, 9.17) is 0 Å². The van der Waals surface area contributed by atoms with Crippen molar-refractivity contribution in [2.24, 2.45) is 5.92 Å². The Balaban J connectivity index is 2.12. The molecule has 4 nitrogen and oxygen atoms in total. The smallest absolute Gasteiger partial charge is 0.326 e. The highest BCUT2D eigenvalue weighted by atomic mass is 19.1. The Morgan fingerprint density at radius 1 is 1.19 bits per heavy atom. The van der Waals surface area contributed by atoms with Crippen LogP contribution in [-0.4, -0.2) is 23.0 Å². The van der Waals surface area contributed by atoms with E-state index in [1.165, 1.54) is 0 Å². The molecule has 1 fully saturated rings. The highest BCUT2D eigenvalue weighted by molar-refractivity contribution is 5.96. The number of benzene rings is 1. The van der Waals surface area contributed by atoms with Crippen molar-refractivity contribution in [3.8, 4) is 0 Å². The zero-order valence-electron chi connectivity index (χ0n) is 11.4. The van der Waals surface area contributed by atoms with Crippen LogP contribution in [0.25, 0.3) is 0 Å². The van der Waals surface area contributed by atoms with Gasteiger partial charge in [0, 0.05) is 6.07 Å². The molecule has 0 radical (unpaired) electrons. The summed E-state index contributed by atoms with van der Waals surface area (Å²) in [5.41, 5.74) is -0.349. The quantitative estimate of drug-likeness (QED) is 0.898. The van der Waals surface area contributed by atoms with E-state index >= 15 is 0 Å². The molecule has 0 spiro atoms. The molecule has 21 heavy (non-hydrogen) atoms. The van der Waals surface area contributed by atoms with Crippen molar-refractivity contribution in [3.63, 3.8) is 0 Å². The van der Waals surface area contributed by atoms with Crippen LogP contribution in [0.3, 0.4) is 0 Å². The minimum atomic E-state index is -1.13. The Bertz CT molecular complexity index is 542. The second-order valence-corrected chi connectivity index (χ2v) is 5.31. The zero-order chi connectivity index (χ0) is 15.4. The summed E-state index contributed by atoms with van der Waals surface area (Å²) >= 11 is 0. The summed E-state index contributed by atoms with van der Waals surface area (Å²) in [6.45, 7) is 0. The van der Waals surface area contributed by atoms with Crippen LogP contribution >= 0.6 is 0 Å². The van der Waals surface area contributed by atoms with Crippen LogP contribution in [0.2, 0.25) is 0 Å². The van der Waals surface area contributed by atoms with Crippen molar-refractivity contribution in [2.45, 2.75) is 38.1 Å². The van der Waals surface area contributed by atoms with Crippen molar-refractivity contribution in [3.05, 3.63) is 35.4 Å². The first-order valence-electron chi connectivity index (χ1n) is 6.98. The van der Waals surface area contributed by atoms with E-state index < -0.39 is 29.6 Å². The second-order valence-electron chi connectivity index (χ2n) is 5.31. The van der Waals surface area contributed by atoms with E-state index in [2.05, 4.69) is 5.32 Å². The largest absolute Gasteiger partial charge is 0.480 e. The van der Waals surface area contributed by atoms with Gasteiger partial charge in [0.15, 0.2) is 0 Å². The summed E-state index contributed by atoms with van der Waals surface area (Å²) in [6, 6.07) is 1.54. The fourth-order valence-electron chi connectivity index (χ4n) is 2.74. The van der Waals surface area contributed by atoms with Crippen LogP contribution in [0.5, 0.6) is 0 Å². The van der Waals surface area contributed by atoms with E-state index in [1.54, 1.807) is 0 Å². The van der Waals surface area contributed by atoms with Gasteiger partial charge in [-0.3, -0.25) is 4.79 Å². The number of rotatable bonds is 4. The minimum Gasteiger partial charge on any atom is -0.480 e. The van der Waals surface area contributed by atoms with Crippen molar-refractivity contribution in [2.75, 3.05) is 0 Å². The van der Waals surface area contributed by atoms with Gasteiger partial charge < -0.3 is 10.4 Å². The summed E-state index contributed by atoms with van der Waals surface area (Å²) in [5, 5.41) is 11.6. The number of nitrogens with one attached hydrogen (secondary N) is 1. The number of carboxylic acid groups (broad SMARTS) is 1. The lowest BCUT2D eigenvalue weighted by molar-refractivity contribution is -0.141. The van der Waals surface area contributed by atoms with Crippen molar-refractivity contribution < 1.29 is 23.5 Å². The molecule has 0 unspecified atom stereocenters. The van der Waals surface area contributed by atoms with Gasteiger partial charge in [-0.05, 0) is 30.9 Å². The molecule has 1 aliphatic carbocycles. The predicted octanol–water partition coefficient (Wildman–Crippen LogP) is 2.73. The molecule has 1 aromatic rings. The number of carbonyl (C=O) groups is 2. The maximum absolute atomic E-state index is 13.5. The lowest BCUT2D eigenvalue weighted by Gasteiger charge is -2.28. The molecule has 0 saturated heterocycles. The molecule has 114 valence electrons. The van der Waals surface area contributed by atoms with Gasteiger partial charge in [-0.25, -0.2) is 13.6 Å². The average Bonchev–Trinajstić information content (AvgIpc) is 2.45. The molecule has 0 bridgehead atoms. The van der Waals surface area contributed by atoms with Crippen LogP contribution in [0.15, 0.2) is 18.2 Å². The fraction of sp³-hybridized carbons (Fsp3) is 0.467. The van der Waals surface area contributed by atoms with Crippen LogP contribution in [0, 0.1) is 17.6 Å². The second kappa shape index (κ2) is 6.65. The number of amides is 1. The normalized spacial score (nSPS) is 17.2. The van der Waals surface area contributed by atoms with E-state index in [0.29, 0.717) is 6.07 Å². The Hall–Kier alpha value is -1.98.